The highest BCUT2D eigenvalue weighted by atomic mass is 19.2. The molecule has 2 amide bonds. The van der Waals surface area contributed by atoms with Gasteiger partial charge >= 0.3 is 0 Å². The molecule has 0 aliphatic carbocycles. The van der Waals surface area contributed by atoms with Gasteiger partial charge in [0, 0.05) is 66.7 Å². The zero-order chi connectivity index (χ0) is 55.9. The minimum absolute atomic E-state index is 0.0303. The number of ether oxygens (including phenoxy) is 1. The van der Waals surface area contributed by atoms with Gasteiger partial charge in [-0.05, 0) is 78.6 Å². The Bertz CT molecular complexity index is 4000. The number of fused-ring (bicyclic) bond motifs is 2. The van der Waals surface area contributed by atoms with E-state index in [0.717, 1.165) is 57.5 Å². The smallest absolute Gasteiger partial charge is 0.286 e. The summed E-state index contributed by atoms with van der Waals surface area (Å²) >= 11 is 0. The van der Waals surface area contributed by atoms with Gasteiger partial charge in [-0.1, -0.05) is 10.3 Å². The number of hydrogen-bond donors (Lipinski definition) is 5. The summed E-state index contributed by atoms with van der Waals surface area (Å²) in [5.41, 5.74) is 4.78. The Hall–Kier alpha value is -10.3. The number of hydrogen-bond acceptors (Lipinski definition) is 16. The number of carbonyl (C=O) groups excluding carboxylic acids is 2. The van der Waals surface area contributed by atoms with E-state index in [1.54, 1.807) is 43.0 Å². The first-order valence-electron chi connectivity index (χ1n) is 23.3. The minimum Gasteiger partial charge on any atom is -0.398 e. The summed E-state index contributed by atoms with van der Waals surface area (Å²) in [6.45, 7) is 0.638. The van der Waals surface area contributed by atoms with E-state index in [0.29, 0.717) is 34.6 Å². The molecule has 1 aliphatic rings. The number of carbonyl (C=O) groups is 2. The van der Waals surface area contributed by atoms with Crippen LogP contribution in [0.15, 0.2) is 116 Å². The van der Waals surface area contributed by atoms with Crippen LogP contribution >= 0.6 is 0 Å². The fourth-order valence-electron chi connectivity index (χ4n) is 7.89. The molecule has 0 atom stereocenters. The third-order valence-corrected chi connectivity index (χ3v) is 11.6. The quantitative estimate of drug-likeness (QED) is 0.0350. The maximum Gasteiger partial charge on any atom is 0.286 e. The van der Waals surface area contributed by atoms with Gasteiger partial charge in [0.15, 0.2) is 46.6 Å². The highest BCUT2D eigenvalue weighted by molar-refractivity contribution is 5.95. The molecule has 1 fully saturated rings. The second kappa shape index (κ2) is 23.3. The first-order valence-corrected chi connectivity index (χ1v) is 23.3. The Morgan fingerprint density at radius 3 is 1.54 bits per heavy atom. The molecule has 29 heteroatoms. The van der Waals surface area contributed by atoms with E-state index in [9.17, 15) is 55.6 Å². The summed E-state index contributed by atoms with van der Waals surface area (Å²) in [7, 11) is 0. The third kappa shape index (κ3) is 12.2. The van der Waals surface area contributed by atoms with Crippen molar-refractivity contribution in [2.75, 3.05) is 18.9 Å². The average Bonchev–Trinajstić information content (AvgIpc) is 4.36. The Morgan fingerprint density at radius 2 is 1.11 bits per heavy atom. The van der Waals surface area contributed by atoms with Gasteiger partial charge in [0.25, 0.3) is 40.4 Å². The topological polar surface area (TPSA) is 316 Å². The van der Waals surface area contributed by atoms with Crippen LogP contribution in [0.3, 0.4) is 0 Å². The van der Waals surface area contributed by atoms with Crippen LogP contribution < -0.4 is 27.5 Å². The van der Waals surface area contributed by atoms with E-state index in [4.69, 9.17) is 19.5 Å². The van der Waals surface area contributed by atoms with Crippen molar-refractivity contribution in [3.63, 3.8) is 0 Å². The van der Waals surface area contributed by atoms with Crippen molar-refractivity contribution < 1.29 is 54.6 Å². The number of aromatic amines is 2. The SMILES string of the molecule is C1CCOC1.Nc1cc(C(=O)NCc2noc(-c3c[nH]c4ncccc34)n2)c(=O)n(Cc2cc(F)c(F)c(F)c2)c1.O=C(NCc1noc(-c2c[nH]c3ncccc23)n1)c1cc([N+](=O)[O-])cn(Cc2cc(F)c(F)c(F)c2)c1=O. The Kier molecular flexibility index (Phi) is 15.8. The zero-order valence-corrected chi connectivity index (χ0v) is 40.4. The van der Waals surface area contributed by atoms with Gasteiger partial charge in [0.05, 0.1) is 48.4 Å². The standard InChI is InChI=1S/C23H14F3N7O5.C23H16F3N7O3.C4H8O/c24-16-4-11(5-17(25)19(16)26)9-32-10-12(33(36)37)6-14(23(32)35)21(34)29-8-18-30-22(38-31-18)15-7-28-20-13(15)2-1-3-27-20;24-16-4-11(5-17(25)19(16)26)9-33-10-12(27)6-14(23(33)35)21(34)30-8-18-31-22(36-32-18)15-7-29-20-13(15)2-1-3-28-20;1-2-4-5-3-1/h1-7,10H,8-9H2,(H,27,28)(H,29,34);1-7,10H,8-9,27H2,(H,28,29)(H,30,34);1-4H2. The largest absolute Gasteiger partial charge is 0.398 e. The summed E-state index contributed by atoms with van der Waals surface area (Å²) in [5.74, 6) is -10.3. The molecule has 1 aliphatic heterocycles. The normalized spacial score (nSPS) is 12.0. The molecule has 0 bridgehead atoms. The van der Waals surface area contributed by atoms with Gasteiger partial charge < -0.3 is 49.3 Å². The Morgan fingerprint density at radius 1 is 0.671 bits per heavy atom. The molecule has 6 N–H and O–H groups in total. The van der Waals surface area contributed by atoms with E-state index in [1.165, 1.54) is 25.1 Å². The van der Waals surface area contributed by atoms with Crippen LogP contribution in [0.1, 0.15) is 56.3 Å². The second-order valence-corrected chi connectivity index (χ2v) is 17.1. The zero-order valence-electron chi connectivity index (χ0n) is 40.4. The van der Waals surface area contributed by atoms with E-state index in [-0.39, 0.29) is 65.4 Å². The molecule has 1 saturated heterocycles. The van der Waals surface area contributed by atoms with E-state index < -0.39 is 80.6 Å². The Labute approximate surface area is 437 Å². The third-order valence-electron chi connectivity index (χ3n) is 11.6. The predicted molar refractivity (Wildman–Crippen MR) is 264 cm³/mol. The molecular weight excluding hydrogens is 1050 g/mol. The summed E-state index contributed by atoms with van der Waals surface area (Å²) in [6, 6.07) is 11.8. The van der Waals surface area contributed by atoms with Gasteiger partial charge in [0.2, 0.25) is 0 Å². The van der Waals surface area contributed by atoms with Crippen molar-refractivity contribution in [3.05, 3.63) is 197 Å². The number of pyridine rings is 4. The summed E-state index contributed by atoms with van der Waals surface area (Å²) < 4.78 is 97.9. The van der Waals surface area contributed by atoms with Crippen molar-refractivity contribution in [3.8, 4) is 22.9 Å². The minimum atomic E-state index is -1.70. The summed E-state index contributed by atoms with van der Waals surface area (Å²) in [6.07, 6.45) is 11.1. The molecule has 11 rings (SSSR count). The lowest BCUT2D eigenvalue weighted by molar-refractivity contribution is -0.385. The predicted octanol–water partition coefficient (Wildman–Crippen LogP) is 6.63. The molecule has 9 heterocycles. The summed E-state index contributed by atoms with van der Waals surface area (Å²) in [4.78, 5) is 84.5. The van der Waals surface area contributed by atoms with Gasteiger partial charge in [-0.25, -0.2) is 36.3 Å². The van der Waals surface area contributed by atoms with Crippen LogP contribution in [-0.4, -0.2) is 79.3 Å². The number of halogens is 6. The summed E-state index contributed by atoms with van der Waals surface area (Å²) in [5, 5.41) is 25.4. The number of rotatable bonds is 13. The number of H-pyrrole nitrogens is 2. The molecule has 0 saturated carbocycles. The number of nitro groups is 1. The number of anilines is 1. The Balaban J connectivity index is 0.000000176. The van der Waals surface area contributed by atoms with Gasteiger partial charge in [-0.3, -0.25) is 29.3 Å². The first kappa shape index (κ1) is 53.5. The van der Waals surface area contributed by atoms with Crippen LogP contribution in [0.4, 0.5) is 37.7 Å². The van der Waals surface area contributed by atoms with E-state index in [2.05, 4.69) is 50.9 Å². The molecule has 79 heavy (non-hydrogen) atoms. The number of nitrogen functional groups attached to an aromatic ring is 1. The molecule has 0 unspecified atom stereocenters. The van der Waals surface area contributed by atoms with Crippen LogP contribution in [0.25, 0.3) is 45.0 Å². The van der Waals surface area contributed by atoms with Crippen LogP contribution in [0.2, 0.25) is 0 Å². The van der Waals surface area contributed by atoms with Crippen molar-refractivity contribution in [1.82, 2.24) is 60.0 Å². The van der Waals surface area contributed by atoms with E-state index >= 15 is 0 Å². The van der Waals surface area contributed by atoms with Crippen molar-refractivity contribution in [1.29, 1.82) is 0 Å². The monoisotopic (exact) mass is 1090 g/mol. The molecular formula is C50H38F6N14O9. The highest BCUT2D eigenvalue weighted by Crippen LogP contribution is 2.27. The first-order chi connectivity index (χ1) is 38.0. The van der Waals surface area contributed by atoms with Gasteiger partial charge in [0.1, 0.15) is 22.4 Å². The van der Waals surface area contributed by atoms with Crippen molar-refractivity contribution in [2.24, 2.45) is 0 Å². The number of benzene rings is 2. The molecule has 10 aromatic rings. The van der Waals surface area contributed by atoms with Crippen LogP contribution in [0.5, 0.6) is 0 Å². The fourth-order valence-corrected chi connectivity index (χ4v) is 7.89. The molecule has 0 spiro atoms. The number of amides is 2. The lowest BCUT2D eigenvalue weighted by atomic mass is 10.2. The maximum atomic E-state index is 13.6. The highest BCUT2D eigenvalue weighted by Gasteiger charge is 2.23. The number of nitrogens with two attached hydrogens (primary N) is 1. The van der Waals surface area contributed by atoms with Gasteiger partial charge in [-0.15, -0.1) is 0 Å². The van der Waals surface area contributed by atoms with Crippen LogP contribution in [-0.2, 0) is 30.9 Å². The number of nitrogens with one attached hydrogen (secondary N) is 4. The lowest BCUT2D eigenvalue weighted by Crippen LogP contribution is -2.33. The molecule has 2 aromatic carbocycles. The van der Waals surface area contributed by atoms with Crippen molar-refractivity contribution in [2.45, 2.75) is 39.0 Å². The van der Waals surface area contributed by atoms with Crippen LogP contribution in [0, 0.1) is 45.0 Å². The molecule has 8 aromatic heterocycles. The lowest BCUT2D eigenvalue weighted by Gasteiger charge is -2.11. The fraction of sp³-hybridized carbons (Fsp3) is 0.160. The average molecular weight is 1090 g/mol. The number of aromatic nitrogens is 10. The molecule has 0 radical (unpaired) electrons. The van der Waals surface area contributed by atoms with E-state index in [1.807, 2.05) is 6.07 Å². The van der Waals surface area contributed by atoms with Gasteiger partial charge in [-0.2, -0.15) is 9.97 Å². The maximum absolute atomic E-state index is 13.6. The number of nitrogens with zero attached hydrogens (tertiary/aromatic N) is 9. The second-order valence-electron chi connectivity index (χ2n) is 17.1. The molecule has 404 valence electrons. The van der Waals surface area contributed by atoms with Crippen molar-refractivity contribution >= 4 is 45.3 Å². The molecule has 23 nitrogen and oxygen atoms in total.